The first-order valence-electron chi connectivity index (χ1n) is 6.62. The molecule has 3 atom stereocenters. The summed E-state index contributed by atoms with van der Waals surface area (Å²) in [5, 5.41) is 11.6. The first kappa shape index (κ1) is 14.3. The maximum absolute atomic E-state index is 10.7. The Morgan fingerprint density at radius 1 is 1.28 bits per heavy atom. The molecule has 1 N–H and O–H groups in total. The van der Waals surface area contributed by atoms with Crippen molar-refractivity contribution in [3.63, 3.8) is 0 Å². The highest BCUT2D eigenvalue weighted by Gasteiger charge is 2.32. The lowest BCUT2D eigenvalue weighted by molar-refractivity contribution is 0.171. The van der Waals surface area contributed by atoms with Gasteiger partial charge in [-0.2, -0.15) is 23.5 Å². The predicted octanol–water partition coefficient (Wildman–Crippen LogP) is 3.96. The third-order valence-electron chi connectivity index (χ3n) is 3.55. The topological polar surface area (TPSA) is 20.2 Å². The van der Waals surface area contributed by atoms with Gasteiger partial charge in [0.15, 0.2) is 0 Å². The standard InChI is InChI=1S/C15H22OS2/c1-4-13-15(18-8-7-17-13)14(16)12-6-5-10(2)9-11(12)3/h5-6,9,13-16H,4,7-8H2,1-3H3. The SMILES string of the molecule is CCC1SCCSC1C(O)c1ccc(C)cc1C. The smallest absolute Gasteiger partial charge is 0.0921 e. The fourth-order valence-corrected chi connectivity index (χ4v) is 5.69. The van der Waals surface area contributed by atoms with Crippen molar-refractivity contribution in [1.29, 1.82) is 0 Å². The van der Waals surface area contributed by atoms with Crippen molar-refractivity contribution >= 4 is 23.5 Å². The van der Waals surface area contributed by atoms with Crippen LogP contribution in [0, 0.1) is 13.8 Å². The molecule has 0 spiro atoms. The Bertz CT molecular complexity index is 405. The zero-order chi connectivity index (χ0) is 13.1. The number of hydrogen-bond donors (Lipinski definition) is 1. The molecule has 1 fully saturated rings. The van der Waals surface area contributed by atoms with Crippen LogP contribution in [0.2, 0.25) is 0 Å². The minimum Gasteiger partial charge on any atom is -0.387 e. The quantitative estimate of drug-likeness (QED) is 0.906. The largest absolute Gasteiger partial charge is 0.387 e. The Morgan fingerprint density at radius 3 is 2.67 bits per heavy atom. The van der Waals surface area contributed by atoms with E-state index < -0.39 is 0 Å². The lowest BCUT2D eigenvalue weighted by atomic mass is 9.97. The van der Waals surface area contributed by atoms with E-state index in [1.807, 2.05) is 23.5 Å². The summed E-state index contributed by atoms with van der Waals surface area (Å²) in [6.07, 6.45) is 0.818. The molecule has 18 heavy (non-hydrogen) atoms. The molecule has 3 unspecified atom stereocenters. The van der Waals surface area contributed by atoms with Crippen LogP contribution in [-0.2, 0) is 0 Å². The molecule has 0 bridgehead atoms. The van der Waals surface area contributed by atoms with Crippen molar-refractivity contribution in [2.24, 2.45) is 0 Å². The van der Waals surface area contributed by atoms with E-state index in [4.69, 9.17) is 0 Å². The fourth-order valence-electron chi connectivity index (χ4n) is 2.56. The number of thioether (sulfide) groups is 2. The lowest BCUT2D eigenvalue weighted by Crippen LogP contribution is -2.31. The predicted molar refractivity (Wildman–Crippen MR) is 83.7 cm³/mol. The molecular formula is C15H22OS2. The lowest BCUT2D eigenvalue weighted by Gasteiger charge is -2.34. The Hall–Kier alpha value is -0.120. The molecule has 1 aliphatic rings. The molecule has 1 aliphatic heterocycles. The van der Waals surface area contributed by atoms with Gasteiger partial charge in [0, 0.05) is 22.0 Å². The van der Waals surface area contributed by atoms with Gasteiger partial charge in [-0.15, -0.1) is 0 Å². The van der Waals surface area contributed by atoms with Crippen LogP contribution in [0.25, 0.3) is 0 Å². The van der Waals surface area contributed by atoms with Crippen molar-refractivity contribution in [1.82, 2.24) is 0 Å². The van der Waals surface area contributed by atoms with E-state index in [0.717, 1.165) is 17.7 Å². The van der Waals surface area contributed by atoms with Gasteiger partial charge in [-0.3, -0.25) is 0 Å². The van der Waals surface area contributed by atoms with E-state index >= 15 is 0 Å². The van der Waals surface area contributed by atoms with Crippen LogP contribution in [0.15, 0.2) is 18.2 Å². The summed E-state index contributed by atoms with van der Waals surface area (Å²) in [6.45, 7) is 6.43. The van der Waals surface area contributed by atoms with Crippen LogP contribution in [0.1, 0.15) is 36.1 Å². The Morgan fingerprint density at radius 2 is 2.00 bits per heavy atom. The number of rotatable bonds is 3. The number of aliphatic hydroxyl groups excluding tert-OH is 1. The van der Waals surface area contributed by atoms with Gasteiger partial charge < -0.3 is 5.11 Å². The van der Waals surface area contributed by atoms with E-state index in [-0.39, 0.29) is 6.10 Å². The van der Waals surface area contributed by atoms with Gasteiger partial charge in [0.1, 0.15) is 0 Å². The third kappa shape index (κ3) is 3.06. The van der Waals surface area contributed by atoms with Crippen LogP contribution in [0.5, 0.6) is 0 Å². The molecule has 1 aromatic rings. The second kappa shape index (κ2) is 6.36. The van der Waals surface area contributed by atoms with E-state index in [1.54, 1.807) is 0 Å². The van der Waals surface area contributed by atoms with Crippen molar-refractivity contribution in [3.05, 3.63) is 34.9 Å². The van der Waals surface area contributed by atoms with Gasteiger partial charge >= 0.3 is 0 Å². The highest BCUT2D eigenvalue weighted by molar-refractivity contribution is 8.07. The highest BCUT2D eigenvalue weighted by Crippen LogP contribution is 2.40. The molecular weight excluding hydrogens is 260 g/mol. The van der Waals surface area contributed by atoms with Crippen LogP contribution in [0.4, 0.5) is 0 Å². The van der Waals surface area contributed by atoms with Gasteiger partial charge in [-0.25, -0.2) is 0 Å². The minimum atomic E-state index is -0.326. The summed E-state index contributed by atoms with van der Waals surface area (Å²) in [6, 6.07) is 6.37. The molecule has 1 aromatic carbocycles. The van der Waals surface area contributed by atoms with Gasteiger partial charge in [0.25, 0.3) is 0 Å². The zero-order valence-electron chi connectivity index (χ0n) is 11.3. The van der Waals surface area contributed by atoms with Crippen molar-refractivity contribution in [2.75, 3.05) is 11.5 Å². The Balaban J connectivity index is 2.20. The number of hydrogen-bond acceptors (Lipinski definition) is 3. The molecule has 0 saturated carbocycles. The third-order valence-corrected chi connectivity index (χ3v) is 6.89. The molecule has 100 valence electrons. The normalized spacial score (nSPS) is 26.0. The van der Waals surface area contributed by atoms with Gasteiger partial charge in [0.05, 0.1) is 6.10 Å². The first-order valence-corrected chi connectivity index (χ1v) is 8.71. The summed E-state index contributed by atoms with van der Waals surface area (Å²) in [5.41, 5.74) is 3.59. The van der Waals surface area contributed by atoms with E-state index in [0.29, 0.717) is 10.5 Å². The minimum absolute atomic E-state index is 0.326. The Labute approximate surface area is 119 Å². The molecule has 0 amide bonds. The van der Waals surface area contributed by atoms with Crippen LogP contribution < -0.4 is 0 Å². The molecule has 1 heterocycles. The average Bonchev–Trinajstić information content (AvgIpc) is 2.38. The van der Waals surface area contributed by atoms with Crippen LogP contribution in [0.3, 0.4) is 0 Å². The fraction of sp³-hybridized carbons (Fsp3) is 0.600. The monoisotopic (exact) mass is 282 g/mol. The maximum Gasteiger partial charge on any atom is 0.0921 e. The number of aliphatic hydroxyl groups is 1. The van der Waals surface area contributed by atoms with Crippen LogP contribution in [-0.4, -0.2) is 27.1 Å². The van der Waals surface area contributed by atoms with Gasteiger partial charge in [0.2, 0.25) is 0 Å². The number of benzene rings is 1. The average molecular weight is 282 g/mol. The zero-order valence-corrected chi connectivity index (χ0v) is 13.0. The van der Waals surface area contributed by atoms with Crippen LogP contribution >= 0.6 is 23.5 Å². The molecule has 3 heteroatoms. The summed E-state index contributed by atoms with van der Waals surface area (Å²) in [4.78, 5) is 0. The first-order chi connectivity index (χ1) is 8.63. The van der Waals surface area contributed by atoms with Gasteiger partial charge in [-0.1, -0.05) is 30.7 Å². The second-order valence-electron chi connectivity index (χ2n) is 4.96. The molecule has 0 radical (unpaired) electrons. The van der Waals surface area contributed by atoms with E-state index in [2.05, 4.69) is 39.0 Å². The summed E-state index contributed by atoms with van der Waals surface area (Å²) in [7, 11) is 0. The van der Waals surface area contributed by atoms with E-state index in [9.17, 15) is 5.11 Å². The Kier molecular flexibility index (Phi) is 5.05. The summed E-state index contributed by atoms with van der Waals surface area (Å²) < 4.78 is 0. The molecule has 0 aliphatic carbocycles. The molecule has 1 saturated heterocycles. The second-order valence-corrected chi connectivity index (χ2v) is 7.59. The van der Waals surface area contributed by atoms with Crippen molar-refractivity contribution in [3.8, 4) is 0 Å². The number of aryl methyl sites for hydroxylation is 2. The maximum atomic E-state index is 10.7. The van der Waals surface area contributed by atoms with E-state index in [1.165, 1.54) is 16.9 Å². The molecule has 0 aromatic heterocycles. The highest BCUT2D eigenvalue weighted by atomic mass is 32.2. The molecule has 2 rings (SSSR count). The molecule has 1 nitrogen and oxygen atoms in total. The summed E-state index contributed by atoms with van der Waals surface area (Å²) in [5.74, 6) is 2.38. The van der Waals surface area contributed by atoms with Crippen molar-refractivity contribution in [2.45, 2.75) is 43.8 Å². The summed E-state index contributed by atoms with van der Waals surface area (Å²) >= 11 is 3.96. The van der Waals surface area contributed by atoms with Gasteiger partial charge in [-0.05, 0) is 31.4 Å². The van der Waals surface area contributed by atoms with Crippen molar-refractivity contribution < 1.29 is 5.11 Å².